The Hall–Kier alpha value is -0.620. The van der Waals surface area contributed by atoms with Crippen molar-refractivity contribution < 1.29 is 9.59 Å². The maximum Gasteiger partial charge on any atom is 0.270 e. The molecule has 2 heterocycles. The molecule has 3 fully saturated rings. The fourth-order valence-corrected chi connectivity index (χ4v) is 6.79. The van der Waals surface area contributed by atoms with Crippen molar-refractivity contribution in [3.63, 3.8) is 0 Å². The molecule has 1 spiro atoms. The van der Waals surface area contributed by atoms with Crippen LogP contribution in [-0.2, 0) is 9.59 Å². The third-order valence-electron chi connectivity index (χ3n) is 4.09. The van der Waals surface area contributed by atoms with Gasteiger partial charge in [-0.3, -0.25) is 4.79 Å². The van der Waals surface area contributed by atoms with Gasteiger partial charge in [-0.05, 0) is 24.3 Å². The van der Waals surface area contributed by atoms with E-state index in [4.69, 9.17) is 5.73 Å². The van der Waals surface area contributed by atoms with Crippen LogP contribution in [0.5, 0.6) is 0 Å². The number of carbonyl (C=O) groups is 2. The summed E-state index contributed by atoms with van der Waals surface area (Å²) in [5.74, 6) is 2.25. The number of carbonyl (C=O) groups excluding carboxylic acids is 2. The summed E-state index contributed by atoms with van der Waals surface area (Å²) in [6.07, 6.45) is 2.94. The molecule has 1 amide bonds. The fourth-order valence-electron chi connectivity index (χ4n) is 3.09. The van der Waals surface area contributed by atoms with Crippen LogP contribution >= 0.6 is 23.5 Å². The minimum Gasteiger partial charge on any atom is -0.395 e. The Morgan fingerprint density at radius 2 is 2.11 bits per heavy atom. The molecule has 2 atom stereocenters. The summed E-state index contributed by atoms with van der Waals surface area (Å²) in [6, 6.07) is 0. The average Bonchev–Trinajstić information content (AvgIpc) is 3.08. The third-order valence-corrected chi connectivity index (χ3v) is 7.59. The number of fused-ring (bicyclic) bond motifs is 2. The van der Waals surface area contributed by atoms with Gasteiger partial charge in [0.15, 0.2) is 0 Å². The monoisotopic (exact) mass is 284 g/mol. The maximum atomic E-state index is 12.1. The van der Waals surface area contributed by atoms with E-state index in [1.807, 2.05) is 23.5 Å². The van der Waals surface area contributed by atoms with E-state index in [9.17, 15) is 9.59 Å². The summed E-state index contributed by atoms with van der Waals surface area (Å²) in [5.41, 5.74) is 4.96. The van der Waals surface area contributed by atoms with Crippen LogP contribution < -0.4 is 5.73 Å². The van der Waals surface area contributed by atoms with Gasteiger partial charge < -0.3 is 15.4 Å². The SMILES string of the molecule is C=C(N)C(=O)N1CC2(SCCCS2)C2C[C@@]21C=O. The smallest absolute Gasteiger partial charge is 0.270 e. The Bertz CT molecular complexity index is 434. The molecule has 18 heavy (non-hydrogen) atoms. The number of thioether (sulfide) groups is 2. The van der Waals surface area contributed by atoms with Crippen LogP contribution in [0, 0.1) is 5.92 Å². The average molecular weight is 284 g/mol. The van der Waals surface area contributed by atoms with E-state index in [-0.39, 0.29) is 15.7 Å². The summed E-state index contributed by atoms with van der Waals surface area (Å²) in [7, 11) is 0. The quantitative estimate of drug-likeness (QED) is 0.601. The van der Waals surface area contributed by atoms with E-state index in [1.54, 1.807) is 4.90 Å². The molecule has 2 aliphatic heterocycles. The van der Waals surface area contributed by atoms with Crippen molar-refractivity contribution in [2.24, 2.45) is 11.7 Å². The lowest BCUT2D eigenvalue weighted by atomic mass is 10.2. The molecule has 3 rings (SSSR count). The molecule has 1 saturated carbocycles. The number of amides is 1. The van der Waals surface area contributed by atoms with E-state index in [1.165, 1.54) is 6.42 Å². The van der Waals surface area contributed by atoms with Crippen molar-refractivity contribution in [2.75, 3.05) is 18.1 Å². The molecule has 0 aromatic rings. The van der Waals surface area contributed by atoms with Crippen molar-refractivity contribution in [3.05, 3.63) is 12.3 Å². The molecule has 3 aliphatic rings. The van der Waals surface area contributed by atoms with Crippen LogP contribution in [0.3, 0.4) is 0 Å². The fraction of sp³-hybridized carbons (Fsp3) is 0.667. The summed E-state index contributed by atoms with van der Waals surface area (Å²) in [5, 5.41) is 0. The van der Waals surface area contributed by atoms with Gasteiger partial charge in [-0.1, -0.05) is 6.58 Å². The second-order valence-corrected chi connectivity index (χ2v) is 8.25. The number of aldehydes is 1. The highest BCUT2D eigenvalue weighted by Crippen LogP contribution is 2.68. The summed E-state index contributed by atoms with van der Waals surface area (Å²) >= 11 is 3.82. The zero-order valence-electron chi connectivity index (χ0n) is 10.1. The van der Waals surface area contributed by atoms with Gasteiger partial charge in [0, 0.05) is 12.5 Å². The van der Waals surface area contributed by atoms with Gasteiger partial charge in [0.05, 0.1) is 9.78 Å². The van der Waals surface area contributed by atoms with Crippen molar-refractivity contribution >= 4 is 35.7 Å². The van der Waals surface area contributed by atoms with Crippen LogP contribution in [0.2, 0.25) is 0 Å². The molecule has 2 N–H and O–H groups in total. The van der Waals surface area contributed by atoms with Gasteiger partial charge in [-0.2, -0.15) is 0 Å². The standard InChI is InChI=1S/C12H16N2O2S2/c1-8(13)10(16)14-6-12(17-3-2-4-18-12)9-5-11(9,14)7-15/h7,9H,1-6,13H2/t9?,11-/m1/s1. The Balaban J connectivity index is 1.91. The molecule has 0 bridgehead atoms. The van der Waals surface area contributed by atoms with Crippen LogP contribution in [-0.4, -0.2) is 44.8 Å². The highest BCUT2D eigenvalue weighted by Gasteiger charge is 2.74. The summed E-state index contributed by atoms with van der Waals surface area (Å²) in [4.78, 5) is 25.2. The van der Waals surface area contributed by atoms with Gasteiger partial charge in [0.1, 0.15) is 11.8 Å². The van der Waals surface area contributed by atoms with E-state index in [0.717, 1.165) is 24.2 Å². The number of piperidine rings is 1. The maximum absolute atomic E-state index is 12.1. The van der Waals surface area contributed by atoms with Crippen molar-refractivity contribution in [1.29, 1.82) is 0 Å². The lowest BCUT2D eigenvalue weighted by Gasteiger charge is -2.35. The molecule has 1 unspecified atom stereocenters. The highest BCUT2D eigenvalue weighted by atomic mass is 32.2. The van der Waals surface area contributed by atoms with Crippen LogP contribution in [0.1, 0.15) is 12.8 Å². The molecule has 0 aromatic carbocycles. The Morgan fingerprint density at radius 1 is 1.44 bits per heavy atom. The highest BCUT2D eigenvalue weighted by molar-refractivity contribution is 8.18. The second-order valence-electron chi connectivity index (χ2n) is 5.14. The number of hydrogen-bond donors (Lipinski definition) is 1. The van der Waals surface area contributed by atoms with Crippen LogP contribution in [0.25, 0.3) is 0 Å². The van der Waals surface area contributed by atoms with Crippen molar-refractivity contribution in [1.82, 2.24) is 4.90 Å². The molecule has 6 heteroatoms. The van der Waals surface area contributed by atoms with E-state index < -0.39 is 5.54 Å². The topological polar surface area (TPSA) is 63.4 Å². The molecule has 2 saturated heterocycles. The predicted octanol–water partition coefficient (Wildman–Crippen LogP) is 0.825. The zero-order chi connectivity index (χ0) is 13.0. The number of hydrogen-bond acceptors (Lipinski definition) is 5. The van der Waals surface area contributed by atoms with E-state index in [0.29, 0.717) is 12.5 Å². The number of nitrogens with two attached hydrogens (primary N) is 1. The first-order chi connectivity index (χ1) is 8.56. The molecule has 4 nitrogen and oxygen atoms in total. The van der Waals surface area contributed by atoms with Crippen molar-refractivity contribution in [3.8, 4) is 0 Å². The lowest BCUT2D eigenvalue weighted by molar-refractivity contribution is -0.132. The molecular weight excluding hydrogens is 268 g/mol. The van der Waals surface area contributed by atoms with E-state index >= 15 is 0 Å². The number of rotatable bonds is 2. The Labute approximate surface area is 115 Å². The van der Waals surface area contributed by atoms with Gasteiger partial charge in [-0.15, -0.1) is 23.5 Å². The molecule has 0 aromatic heterocycles. The molecule has 0 radical (unpaired) electrons. The van der Waals surface area contributed by atoms with Gasteiger partial charge >= 0.3 is 0 Å². The third kappa shape index (κ3) is 1.48. The summed E-state index contributed by atoms with van der Waals surface area (Å²) in [6.45, 7) is 4.13. The second kappa shape index (κ2) is 3.93. The van der Waals surface area contributed by atoms with Gasteiger partial charge in [-0.25, -0.2) is 0 Å². The molecule has 98 valence electrons. The normalized spacial score (nSPS) is 36.2. The Morgan fingerprint density at radius 3 is 2.67 bits per heavy atom. The Kier molecular flexibility index (Phi) is 2.71. The molecule has 1 aliphatic carbocycles. The van der Waals surface area contributed by atoms with E-state index in [2.05, 4.69) is 6.58 Å². The van der Waals surface area contributed by atoms with Gasteiger partial charge in [0.25, 0.3) is 5.91 Å². The first-order valence-corrected chi connectivity index (χ1v) is 8.03. The van der Waals surface area contributed by atoms with Crippen molar-refractivity contribution in [2.45, 2.75) is 22.5 Å². The summed E-state index contributed by atoms with van der Waals surface area (Å²) < 4.78 is 0.0181. The minimum absolute atomic E-state index is 0.0181. The predicted molar refractivity (Wildman–Crippen MR) is 74.2 cm³/mol. The number of likely N-dealkylation sites (tertiary alicyclic amines) is 1. The lowest BCUT2D eigenvalue weighted by Crippen LogP contribution is -2.45. The number of nitrogens with zero attached hydrogens (tertiary/aromatic N) is 1. The largest absolute Gasteiger partial charge is 0.395 e. The molecular formula is C12H16N2O2S2. The first kappa shape index (κ1) is 12.4. The first-order valence-electron chi connectivity index (χ1n) is 6.06. The van der Waals surface area contributed by atoms with Crippen LogP contribution in [0.15, 0.2) is 12.3 Å². The van der Waals surface area contributed by atoms with Crippen LogP contribution in [0.4, 0.5) is 0 Å². The minimum atomic E-state index is -0.587. The van der Waals surface area contributed by atoms with Gasteiger partial charge in [0.2, 0.25) is 0 Å². The zero-order valence-corrected chi connectivity index (χ0v) is 11.7.